The molecule has 0 N–H and O–H groups in total. The Balaban J connectivity index is 4.22. The molecule has 0 amide bonds. The summed E-state index contributed by atoms with van der Waals surface area (Å²) in [6.45, 7) is 12.3. The van der Waals surface area contributed by atoms with Crippen LogP contribution in [0.1, 0.15) is 67.2 Å². The molecule has 0 radical (unpaired) electrons. The molecular formula is C16H26O. The second-order valence-corrected chi connectivity index (χ2v) is 5.48. The molecule has 0 fully saturated rings. The largest absolute Gasteiger partial charge is 0.370 e. The topological polar surface area (TPSA) is 9.23 Å². The molecular weight excluding hydrogens is 208 g/mol. The Morgan fingerprint density at radius 1 is 0.765 bits per heavy atom. The van der Waals surface area contributed by atoms with Crippen molar-refractivity contribution in [2.75, 3.05) is 0 Å². The lowest BCUT2D eigenvalue weighted by Crippen LogP contribution is -2.36. The number of rotatable bonds is 6. The van der Waals surface area contributed by atoms with Crippen LogP contribution in [0.25, 0.3) is 0 Å². The second-order valence-electron chi connectivity index (χ2n) is 5.48. The van der Waals surface area contributed by atoms with Crippen molar-refractivity contribution in [3.8, 4) is 23.7 Å². The van der Waals surface area contributed by atoms with Gasteiger partial charge in [0.15, 0.2) is 0 Å². The number of hydrogen-bond donors (Lipinski definition) is 0. The van der Waals surface area contributed by atoms with Gasteiger partial charge in [-0.3, -0.25) is 0 Å². The molecule has 0 atom stereocenters. The van der Waals surface area contributed by atoms with Gasteiger partial charge in [0.25, 0.3) is 0 Å². The Morgan fingerprint density at radius 2 is 1.12 bits per heavy atom. The van der Waals surface area contributed by atoms with Crippen molar-refractivity contribution in [3.05, 3.63) is 0 Å². The van der Waals surface area contributed by atoms with Gasteiger partial charge in [-0.1, -0.05) is 0 Å². The smallest absolute Gasteiger partial charge is 0.0642 e. The van der Waals surface area contributed by atoms with E-state index in [1.165, 1.54) is 0 Å². The maximum atomic E-state index is 6.18. The van der Waals surface area contributed by atoms with E-state index in [0.717, 1.165) is 25.7 Å². The van der Waals surface area contributed by atoms with E-state index >= 15 is 0 Å². The molecule has 0 heterocycles. The minimum absolute atomic E-state index is 0.118. The van der Waals surface area contributed by atoms with Crippen molar-refractivity contribution < 1.29 is 4.74 Å². The molecule has 1 heteroatoms. The van der Waals surface area contributed by atoms with Crippen LogP contribution in [0.2, 0.25) is 0 Å². The maximum Gasteiger partial charge on any atom is 0.0642 e. The van der Waals surface area contributed by atoms with E-state index in [-0.39, 0.29) is 11.2 Å². The fourth-order valence-electron chi connectivity index (χ4n) is 1.83. The van der Waals surface area contributed by atoms with Gasteiger partial charge in [-0.05, 0) is 54.4 Å². The fourth-order valence-corrected chi connectivity index (χ4v) is 1.83. The van der Waals surface area contributed by atoms with Gasteiger partial charge >= 0.3 is 0 Å². The van der Waals surface area contributed by atoms with Crippen molar-refractivity contribution >= 4 is 0 Å². The van der Waals surface area contributed by atoms with E-state index in [1.807, 2.05) is 13.8 Å². The predicted molar refractivity (Wildman–Crippen MR) is 74.6 cm³/mol. The molecule has 17 heavy (non-hydrogen) atoms. The van der Waals surface area contributed by atoms with Crippen LogP contribution in [0.5, 0.6) is 0 Å². The lowest BCUT2D eigenvalue weighted by atomic mass is 9.97. The first-order valence-electron chi connectivity index (χ1n) is 6.32. The van der Waals surface area contributed by atoms with E-state index in [2.05, 4.69) is 51.4 Å². The molecule has 0 aromatic rings. The summed E-state index contributed by atoms with van der Waals surface area (Å²) in [7, 11) is 0. The van der Waals surface area contributed by atoms with E-state index < -0.39 is 0 Å². The van der Waals surface area contributed by atoms with E-state index in [1.54, 1.807) is 0 Å². The third-order valence-corrected chi connectivity index (χ3v) is 2.61. The molecule has 1 nitrogen and oxygen atoms in total. The first kappa shape index (κ1) is 16.1. The van der Waals surface area contributed by atoms with E-state index in [0.29, 0.717) is 0 Å². The summed E-state index contributed by atoms with van der Waals surface area (Å²) in [5.41, 5.74) is -0.236. The van der Waals surface area contributed by atoms with Gasteiger partial charge in [-0.2, -0.15) is 0 Å². The summed E-state index contributed by atoms with van der Waals surface area (Å²) in [5.74, 6) is 12.0. The third kappa shape index (κ3) is 8.84. The monoisotopic (exact) mass is 234 g/mol. The van der Waals surface area contributed by atoms with Crippen LogP contribution in [0.4, 0.5) is 0 Å². The standard InChI is InChI=1S/C16H26O/c1-7-9-11-13-15(3,4)17-16(5,6)14-12-10-8-2/h11-14H2,1-6H3. The summed E-state index contributed by atoms with van der Waals surface area (Å²) < 4.78 is 6.18. The molecule has 0 spiro atoms. The lowest BCUT2D eigenvalue weighted by molar-refractivity contribution is -0.127. The van der Waals surface area contributed by atoms with E-state index in [4.69, 9.17) is 4.74 Å². The van der Waals surface area contributed by atoms with Gasteiger partial charge in [0.05, 0.1) is 11.2 Å². The van der Waals surface area contributed by atoms with Gasteiger partial charge in [0, 0.05) is 12.8 Å². The van der Waals surface area contributed by atoms with Crippen LogP contribution in [0.15, 0.2) is 0 Å². The molecule has 0 bridgehead atoms. The highest BCUT2D eigenvalue weighted by molar-refractivity contribution is 4.97. The van der Waals surface area contributed by atoms with E-state index in [9.17, 15) is 0 Å². The van der Waals surface area contributed by atoms with Crippen molar-refractivity contribution in [3.63, 3.8) is 0 Å². The predicted octanol–water partition coefficient (Wildman–Crippen LogP) is 4.17. The molecule has 0 aromatic carbocycles. The van der Waals surface area contributed by atoms with Crippen LogP contribution >= 0.6 is 0 Å². The molecule has 0 saturated heterocycles. The van der Waals surface area contributed by atoms with Crippen molar-refractivity contribution in [1.82, 2.24) is 0 Å². The van der Waals surface area contributed by atoms with Crippen molar-refractivity contribution in [1.29, 1.82) is 0 Å². The molecule has 0 rings (SSSR count). The summed E-state index contributed by atoms with van der Waals surface area (Å²) >= 11 is 0. The highest BCUT2D eigenvalue weighted by Crippen LogP contribution is 2.27. The number of ether oxygens (including phenoxy) is 1. The first-order valence-corrected chi connectivity index (χ1v) is 6.32. The summed E-state index contributed by atoms with van der Waals surface area (Å²) in [5, 5.41) is 0. The van der Waals surface area contributed by atoms with Gasteiger partial charge < -0.3 is 4.74 Å². The average Bonchev–Trinajstić information content (AvgIpc) is 2.16. The van der Waals surface area contributed by atoms with Crippen LogP contribution in [-0.4, -0.2) is 11.2 Å². The summed E-state index contributed by atoms with van der Waals surface area (Å²) in [6.07, 6.45) is 3.73. The minimum atomic E-state index is -0.118. The Kier molecular flexibility index (Phi) is 7.01. The zero-order chi connectivity index (χ0) is 13.4. The normalized spacial score (nSPS) is 11.2. The van der Waals surface area contributed by atoms with Gasteiger partial charge in [-0.25, -0.2) is 0 Å². The minimum Gasteiger partial charge on any atom is -0.370 e. The lowest BCUT2D eigenvalue weighted by Gasteiger charge is -2.35. The Morgan fingerprint density at radius 3 is 1.41 bits per heavy atom. The van der Waals surface area contributed by atoms with Gasteiger partial charge in [0.1, 0.15) is 0 Å². The quantitative estimate of drug-likeness (QED) is 0.627. The SMILES string of the molecule is CC#CCCC(C)(C)OC(C)(C)CCC#CC. The van der Waals surface area contributed by atoms with Crippen LogP contribution in [0, 0.1) is 23.7 Å². The zero-order valence-corrected chi connectivity index (χ0v) is 12.2. The van der Waals surface area contributed by atoms with Crippen LogP contribution in [0.3, 0.4) is 0 Å². The fraction of sp³-hybridized carbons (Fsp3) is 0.750. The van der Waals surface area contributed by atoms with Crippen LogP contribution < -0.4 is 0 Å². The summed E-state index contributed by atoms with van der Waals surface area (Å²) in [4.78, 5) is 0. The molecule has 0 aliphatic heterocycles. The highest BCUT2D eigenvalue weighted by Gasteiger charge is 2.28. The molecule has 0 saturated carbocycles. The van der Waals surface area contributed by atoms with Crippen molar-refractivity contribution in [2.45, 2.75) is 78.4 Å². The van der Waals surface area contributed by atoms with Crippen molar-refractivity contribution in [2.24, 2.45) is 0 Å². The molecule has 0 aliphatic rings. The second kappa shape index (κ2) is 7.41. The molecule has 0 aliphatic carbocycles. The Hall–Kier alpha value is -0.920. The Labute approximate surface area is 107 Å². The van der Waals surface area contributed by atoms with Gasteiger partial charge in [0.2, 0.25) is 0 Å². The highest BCUT2D eigenvalue weighted by atomic mass is 16.5. The third-order valence-electron chi connectivity index (χ3n) is 2.61. The average molecular weight is 234 g/mol. The van der Waals surface area contributed by atoms with Gasteiger partial charge in [-0.15, -0.1) is 23.7 Å². The maximum absolute atomic E-state index is 6.18. The summed E-state index contributed by atoms with van der Waals surface area (Å²) in [6, 6.07) is 0. The molecule has 0 unspecified atom stereocenters. The molecule has 96 valence electrons. The zero-order valence-electron chi connectivity index (χ0n) is 12.2. The Bertz CT molecular complexity index is 294. The molecule has 0 aromatic heterocycles. The number of hydrogen-bond acceptors (Lipinski definition) is 1. The van der Waals surface area contributed by atoms with Crippen LogP contribution in [-0.2, 0) is 4.74 Å². The first-order chi connectivity index (χ1) is 7.83.